The Hall–Kier alpha value is -2.33. The van der Waals surface area contributed by atoms with Crippen LogP contribution in [0.15, 0.2) is 60.1 Å². The van der Waals surface area contributed by atoms with Gasteiger partial charge >= 0.3 is 0 Å². The summed E-state index contributed by atoms with van der Waals surface area (Å²) in [5, 5.41) is 2.55. The Balaban J connectivity index is 1.54. The smallest absolute Gasteiger partial charge is 0.278 e. The van der Waals surface area contributed by atoms with Crippen molar-refractivity contribution in [1.82, 2.24) is 4.98 Å². The Bertz CT molecular complexity index is 756. The Labute approximate surface area is 133 Å². The number of benzene rings is 2. The minimum absolute atomic E-state index is 0.416. The summed E-state index contributed by atoms with van der Waals surface area (Å²) in [6.45, 7) is 0.706. The molecule has 0 radical (unpaired) electrons. The minimum atomic E-state index is 0.416. The predicted octanol–water partition coefficient (Wildman–Crippen LogP) is 4.65. The zero-order chi connectivity index (χ0) is 14.8. The number of ether oxygens (including phenoxy) is 2. The van der Waals surface area contributed by atoms with E-state index in [9.17, 15) is 0 Å². The first kappa shape index (κ1) is 13.3. The van der Waals surface area contributed by atoms with Crippen LogP contribution in [0.4, 0.5) is 0 Å². The normalized spacial score (nSPS) is 16.6. The van der Waals surface area contributed by atoms with Crippen LogP contribution in [-0.4, -0.2) is 11.6 Å². The molecule has 2 aromatic carbocycles. The lowest BCUT2D eigenvalue weighted by atomic mass is 9.90. The van der Waals surface area contributed by atoms with E-state index in [4.69, 9.17) is 9.47 Å². The van der Waals surface area contributed by atoms with Crippen LogP contribution in [0.2, 0.25) is 0 Å². The van der Waals surface area contributed by atoms with Crippen LogP contribution >= 0.6 is 11.3 Å². The van der Waals surface area contributed by atoms with Crippen LogP contribution in [-0.2, 0) is 6.42 Å². The lowest BCUT2D eigenvalue weighted by Gasteiger charge is -2.26. The van der Waals surface area contributed by atoms with Crippen molar-refractivity contribution in [1.29, 1.82) is 0 Å². The van der Waals surface area contributed by atoms with Crippen LogP contribution in [0, 0.1) is 0 Å². The zero-order valence-electron chi connectivity index (χ0n) is 11.9. The van der Waals surface area contributed by atoms with Crippen molar-refractivity contribution in [3.05, 3.63) is 71.2 Å². The topological polar surface area (TPSA) is 31.4 Å². The minimum Gasteiger partial charge on any atom is -0.493 e. The number of thiazole rings is 1. The van der Waals surface area contributed by atoms with E-state index in [1.54, 1.807) is 6.20 Å². The molecule has 2 heterocycles. The molecule has 0 spiro atoms. The van der Waals surface area contributed by atoms with Gasteiger partial charge in [0, 0.05) is 23.6 Å². The summed E-state index contributed by atoms with van der Waals surface area (Å²) < 4.78 is 11.7. The first-order chi connectivity index (χ1) is 10.9. The van der Waals surface area contributed by atoms with Crippen molar-refractivity contribution in [2.24, 2.45) is 0 Å². The maximum absolute atomic E-state index is 5.95. The van der Waals surface area contributed by atoms with E-state index in [-0.39, 0.29) is 0 Å². The average Bonchev–Trinajstić information content (AvgIpc) is 3.08. The van der Waals surface area contributed by atoms with Crippen LogP contribution < -0.4 is 9.47 Å². The van der Waals surface area contributed by atoms with Crippen molar-refractivity contribution in [2.75, 3.05) is 6.61 Å². The first-order valence-corrected chi connectivity index (χ1v) is 8.14. The van der Waals surface area contributed by atoms with E-state index < -0.39 is 0 Å². The maximum Gasteiger partial charge on any atom is 0.278 e. The van der Waals surface area contributed by atoms with Gasteiger partial charge in [-0.3, -0.25) is 0 Å². The molecule has 4 rings (SSSR count). The molecule has 0 aliphatic carbocycles. The van der Waals surface area contributed by atoms with Gasteiger partial charge in [-0.25, -0.2) is 4.98 Å². The third-order valence-corrected chi connectivity index (χ3v) is 4.48. The van der Waals surface area contributed by atoms with E-state index >= 15 is 0 Å². The highest BCUT2D eigenvalue weighted by atomic mass is 32.1. The molecule has 1 atom stereocenters. The van der Waals surface area contributed by atoms with Crippen molar-refractivity contribution in [2.45, 2.75) is 12.3 Å². The lowest BCUT2D eigenvalue weighted by Crippen LogP contribution is -2.19. The Morgan fingerprint density at radius 1 is 1.14 bits per heavy atom. The van der Waals surface area contributed by atoms with Gasteiger partial charge in [-0.05, 0) is 23.6 Å². The summed E-state index contributed by atoms with van der Waals surface area (Å²) in [7, 11) is 0. The molecule has 0 fully saturated rings. The van der Waals surface area contributed by atoms with E-state index in [1.165, 1.54) is 22.5 Å². The van der Waals surface area contributed by atoms with E-state index in [0.717, 1.165) is 17.9 Å². The summed E-state index contributed by atoms with van der Waals surface area (Å²) in [5.74, 6) is 2.10. The van der Waals surface area contributed by atoms with Gasteiger partial charge in [-0.1, -0.05) is 47.7 Å². The van der Waals surface area contributed by atoms with Crippen LogP contribution in [0.3, 0.4) is 0 Å². The molecule has 0 N–H and O–H groups in total. The molecule has 110 valence electrons. The number of rotatable bonds is 3. The quantitative estimate of drug-likeness (QED) is 0.705. The molecular formula is C18H15NO2S. The molecule has 1 unspecified atom stereocenters. The van der Waals surface area contributed by atoms with Crippen molar-refractivity contribution in [3.63, 3.8) is 0 Å². The number of fused-ring (bicyclic) bond motifs is 1. The summed E-state index contributed by atoms with van der Waals surface area (Å²) in [6.07, 6.45) is 2.73. The zero-order valence-corrected chi connectivity index (χ0v) is 12.8. The van der Waals surface area contributed by atoms with Gasteiger partial charge in [0.2, 0.25) is 0 Å². The van der Waals surface area contributed by atoms with Crippen molar-refractivity contribution < 1.29 is 9.47 Å². The van der Waals surface area contributed by atoms with Crippen molar-refractivity contribution in [3.8, 4) is 16.7 Å². The van der Waals surface area contributed by atoms with E-state index in [1.807, 2.05) is 23.6 Å². The number of hydrogen-bond donors (Lipinski definition) is 0. The molecular weight excluding hydrogens is 294 g/mol. The number of hydrogen-bond acceptors (Lipinski definition) is 4. The third-order valence-electron chi connectivity index (χ3n) is 3.83. The van der Waals surface area contributed by atoms with Crippen LogP contribution in [0.5, 0.6) is 16.7 Å². The highest BCUT2D eigenvalue weighted by Crippen LogP contribution is 2.36. The molecule has 22 heavy (non-hydrogen) atoms. The highest BCUT2D eigenvalue weighted by Gasteiger charge is 2.21. The fourth-order valence-corrected chi connectivity index (χ4v) is 3.22. The monoisotopic (exact) mass is 309 g/mol. The van der Waals surface area contributed by atoms with Gasteiger partial charge < -0.3 is 9.47 Å². The largest absolute Gasteiger partial charge is 0.493 e. The van der Waals surface area contributed by atoms with Gasteiger partial charge in [0.05, 0.1) is 6.61 Å². The molecule has 0 saturated carbocycles. The summed E-state index contributed by atoms with van der Waals surface area (Å²) in [4.78, 5) is 4.13. The third kappa shape index (κ3) is 2.70. The average molecular weight is 309 g/mol. The molecule has 4 heteroatoms. The highest BCUT2D eigenvalue weighted by molar-refractivity contribution is 7.11. The predicted molar refractivity (Wildman–Crippen MR) is 87.0 cm³/mol. The van der Waals surface area contributed by atoms with Gasteiger partial charge in [0.25, 0.3) is 5.19 Å². The van der Waals surface area contributed by atoms with Gasteiger partial charge in [0.15, 0.2) is 0 Å². The van der Waals surface area contributed by atoms with E-state index in [0.29, 0.717) is 17.7 Å². The number of nitrogens with zero attached hydrogens (tertiary/aromatic N) is 1. The molecule has 0 saturated heterocycles. The van der Waals surface area contributed by atoms with E-state index in [2.05, 4.69) is 35.3 Å². The number of aromatic nitrogens is 1. The molecule has 0 amide bonds. The maximum atomic E-state index is 5.95. The van der Waals surface area contributed by atoms with Crippen molar-refractivity contribution >= 4 is 11.3 Å². The summed E-state index contributed by atoms with van der Waals surface area (Å²) in [6, 6.07) is 16.6. The fourth-order valence-electron chi connectivity index (χ4n) is 2.72. The first-order valence-electron chi connectivity index (χ1n) is 7.26. The molecule has 1 aliphatic heterocycles. The second kappa shape index (κ2) is 5.81. The van der Waals surface area contributed by atoms with Gasteiger partial charge in [-0.2, -0.15) is 0 Å². The molecule has 3 aromatic rings. The second-order valence-electron chi connectivity index (χ2n) is 5.29. The lowest BCUT2D eigenvalue weighted by molar-refractivity contribution is 0.261. The Kier molecular flexibility index (Phi) is 3.52. The molecule has 3 nitrogen and oxygen atoms in total. The summed E-state index contributed by atoms with van der Waals surface area (Å²) in [5.41, 5.74) is 2.56. The SMILES string of the molecule is c1ccc(C2COc3cc(Oc4nccs4)ccc3C2)cc1. The van der Waals surface area contributed by atoms with Crippen LogP contribution in [0.25, 0.3) is 0 Å². The molecule has 1 aliphatic rings. The Morgan fingerprint density at radius 2 is 2.05 bits per heavy atom. The fraction of sp³-hybridized carbons (Fsp3) is 0.167. The molecule has 1 aromatic heterocycles. The summed E-state index contributed by atoms with van der Waals surface area (Å²) >= 11 is 1.48. The molecule has 0 bridgehead atoms. The standard InChI is InChI=1S/C18H15NO2S/c1-2-4-13(5-3-1)15-10-14-6-7-16(11-17(14)20-12-15)21-18-19-8-9-22-18/h1-9,11,15H,10,12H2. The van der Waals surface area contributed by atoms with Gasteiger partial charge in [0.1, 0.15) is 11.5 Å². The van der Waals surface area contributed by atoms with Gasteiger partial charge in [-0.15, -0.1) is 0 Å². The Morgan fingerprint density at radius 3 is 2.86 bits per heavy atom. The second-order valence-corrected chi connectivity index (χ2v) is 6.15. The van der Waals surface area contributed by atoms with Crippen LogP contribution in [0.1, 0.15) is 17.0 Å².